The van der Waals surface area contributed by atoms with Gasteiger partial charge in [-0.05, 0) is 51.4 Å². The number of carbonyl (C=O) groups is 1. The second-order valence-corrected chi connectivity index (χ2v) is 9.57. The molecule has 0 amide bonds. The Hall–Kier alpha value is -3.41. The largest absolute Gasteiger partial charge is 0.481 e. The fourth-order valence-corrected chi connectivity index (χ4v) is 5.15. The van der Waals surface area contributed by atoms with Gasteiger partial charge in [-0.15, -0.1) is 0 Å². The number of anilines is 3. The summed E-state index contributed by atoms with van der Waals surface area (Å²) in [6.45, 7) is 0. The van der Waals surface area contributed by atoms with Crippen LogP contribution in [-0.2, 0) is 4.79 Å². The van der Waals surface area contributed by atoms with E-state index in [-0.39, 0.29) is 23.9 Å². The molecular weight excluding hydrogens is 477 g/mol. The number of aromatic nitrogens is 4. The molecule has 2 aliphatic carbocycles. The fourth-order valence-electron chi connectivity index (χ4n) is 5.15. The number of hydrogen-bond acceptors (Lipinski definition) is 7. The Balaban J connectivity index is 1.47. The SMILES string of the molecule is O=C(O)C1CCC(Nc2ncc3nc(Nc4c(F)cc(F)cc4F)n(C4CCC(O)CC4)c3n2)CC1. The molecule has 0 atom stereocenters. The number of benzene rings is 1. The number of aliphatic carboxylic acids is 1. The monoisotopic (exact) mass is 504 g/mol. The van der Waals surface area contributed by atoms with Crippen LogP contribution in [0, 0.1) is 23.4 Å². The molecule has 0 radical (unpaired) electrons. The maximum absolute atomic E-state index is 14.4. The van der Waals surface area contributed by atoms with E-state index in [0.717, 1.165) is 0 Å². The van der Waals surface area contributed by atoms with Crippen molar-refractivity contribution in [3.05, 3.63) is 35.8 Å². The van der Waals surface area contributed by atoms with Crippen LogP contribution in [0.25, 0.3) is 11.2 Å². The zero-order valence-corrected chi connectivity index (χ0v) is 19.4. The first-order chi connectivity index (χ1) is 17.3. The number of aliphatic hydroxyl groups is 1. The van der Waals surface area contributed by atoms with Crippen LogP contribution in [0.4, 0.5) is 30.8 Å². The number of nitrogens with one attached hydrogen (secondary N) is 2. The predicted molar refractivity (Wildman–Crippen MR) is 125 cm³/mol. The Kier molecular flexibility index (Phi) is 6.69. The van der Waals surface area contributed by atoms with Crippen molar-refractivity contribution in [3.63, 3.8) is 0 Å². The molecule has 2 aliphatic rings. The first kappa shape index (κ1) is 24.3. The van der Waals surface area contributed by atoms with Gasteiger partial charge in [0, 0.05) is 24.2 Å². The predicted octanol–water partition coefficient (Wildman–Crippen LogP) is 4.52. The highest BCUT2D eigenvalue weighted by Crippen LogP contribution is 2.36. The summed E-state index contributed by atoms with van der Waals surface area (Å²) in [6.07, 6.45) is 5.95. The highest BCUT2D eigenvalue weighted by atomic mass is 19.1. The van der Waals surface area contributed by atoms with Crippen LogP contribution in [0.15, 0.2) is 18.3 Å². The third-order valence-corrected chi connectivity index (χ3v) is 7.12. The molecule has 9 nitrogen and oxygen atoms in total. The number of rotatable bonds is 6. The van der Waals surface area contributed by atoms with E-state index in [2.05, 4.69) is 25.6 Å². The lowest BCUT2D eigenvalue weighted by Crippen LogP contribution is -2.30. The number of carboxylic acid groups (broad SMARTS) is 1. The topological polar surface area (TPSA) is 125 Å². The number of nitrogens with zero attached hydrogens (tertiary/aromatic N) is 4. The zero-order chi connectivity index (χ0) is 25.4. The number of halogens is 3. The van der Waals surface area contributed by atoms with Gasteiger partial charge in [-0.25, -0.2) is 23.1 Å². The van der Waals surface area contributed by atoms with Gasteiger partial charge in [0.05, 0.1) is 18.2 Å². The van der Waals surface area contributed by atoms with Gasteiger partial charge in [0.15, 0.2) is 17.3 Å². The van der Waals surface area contributed by atoms with Crippen molar-refractivity contribution >= 4 is 34.7 Å². The van der Waals surface area contributed by atoms with Crippen molar-refractivity contribution in [2.45, 2.75) is 69.6 Å². The Morgan fingerprint density at radius 2 is 1.64 bits per heavy atom. The molecule has 5 rings (SSSR count). The van der Waals surface area contributed by atoms with E-state index in [1.807, 2.05) is 0 Å². The summed E-state index contributed by atoms with van der Waals surface area (Å²) >= 11 is 0. The summed E-state index contributed by atoms with van der Waals surface area (Å²) in [4.78, 5) is 24.7. The number of imidazole rings is 1. The van der Waals surface area contributed by atoms with E-state index >= 15 is 0 Å². The summed E-state index contributed by atoms with van der Waals surface area (Å²) in [5.41, 5.74) is 0.343. The molecular formula is C24H27F3N6O3. The molecule has 0 aliphatic heterocycles. The van der Waals surface area contributed by atoms with Crippen molar-refractivity contribution in [1.29, 1.82) is 0 Å². The standard InChI is InChI=1S/C24H27F3N6O3/c25-13-9-17(26)20(18(27)10-13)31-24-30-19-11-28-23(29-14-3-1-12(2-4-14)22(35)36)32-21(19)33(24)15-5-7-16(34)8-6-15/h9-12,14-16,34H,1-8H2,(H,30,31)(H,35,36)(H,28,29,32). The third-order valence-electron chi connectivity index (χ3n) is 7.12. The average molecular weight is 505 g/mol. The van der Waals surface area contributed by atoms with Crippen LogP contribution in [0.2, 0.25) is 0 Å². The molecule has 0 saturated heterocycles. The number of aliphatic hydroxyl groups excluding tert-OH is 1. The van der Waals surface area contributed by atoms with Crippen molar-refractivity contribution < 1.29 is 28.2 Å². The number of hydrogen-bond donors (Lipinski definition) is 4. The highest BCUT2D eigenvalue weighted by Gasteiger charge is 2.29. The molecule has 2 saturated carbocycles. The third kappa shape index (κ3) is 4.95. The van der Waals surface area contributed by atoms with Crippen molar-refractivity contribution in [2.75, 3.05) is 10.6 Å². The Labute approximate surface area is 204 Å². The molecule has 192 valence electrons. The fraction of sp³-hybridized carbons (Fsp3) is 0.500. The molecule has 0 unspecified atom stereocenters. The minimum atomic E-state index is -1.09. The normalized spacial score (nSPS) is 24.6. The van der Waals surface area contributed by atoms with Crippen molar-refractivity contribution in [3.8, 4) is 0 Å². The van der Waals surface area contributed by atoms with E-state index in [9.17, 15) is 28.2 Å². The van der Waals surface area contributed by atoms with Gasteiger partial charge < -0.3 is 20.8 Å². The average Bonchev–Trinajstić information content (AvgIpc) is 3.19. The maximum atomic E-state index is 14.4. The Morgan fingerprint density at radius 1 is 0.972 bits per heavy atom. The molecule has 2 heterocycles. The van der Waals surface area contributed by atoms with Gasteiger partial charge in [-0.2, -0.15) is 4.98 Å². The number of fused-ring (bicyclic) bond motifs is 1. The minimum Gasteiger partial charge on any atom is -0.481 e. The minimum absolute atomic E-state index is 0.0271. The molecule has 1 aromatic carbocycles. The van der Waals surface area contributed by atoms with Crippen LogP contribution in [0.1, 0.15) is 57.4 Å². The van der Waals surface area contributed by atoms with Crippen LogP contribution in [0.5, 0.6) is 0 Å². The Bertz CT molecular complexity index is 1250. The molecule has 0 bridgehead atoms. The van der Waals surface area contributed by atoms with Gasteiger partial charge in [0.25, 0.3) is 0 Å². The summed E-state index contributed by atoms with van der Waals surface area (Å²) in [5.74, 6) is -3.82. The summed E-state index contributed by atoms with van der Waals surface area (Å²) < 4.78 is 44.0. The lowest BCUT2D eigenvalue weighted by molar-refractivity contribution is -0.142. The summed E-state index contributed by atoms with van der Waals surface area (Å²) in [5, 5.41) is 25.1. The summed E-state index contributed by atoms with van der Waals surface area (Å²) in [7, 11) is 0. The van der Waals surface area contributed by atoms with Crippen LogP contribution >= 0.6 is 0 Å². The lowest BCUT2D eigenvalue weighted by Gasteiger charge is -2.28. The quantitative estimate of drug-likeness (QED) is 0.386. The number of carboxylic acids is 1. The smallest absolute Gasteiger partial charge is 0.306 e. The van der Waals surface area contributed by atoms with Gasteiger partial charge in [0.2, 0.25) is 11.9 Å². The molecule has 2 fully saturated rings. The van der Waals surface area contributed by atoms with E-state index in [4.69, 9.17) is 0 Å². The van der Waals surface area contributed by atoms with Gasteiger partial charge >= 0.3 is 5.97 Å². The van der Waals surface area contributed by atoms with E-state index in [0.29, 0.717) is 80.6 Å². The van der Waals surface area contributed by atoms with Crippen LogP contribution < -0.4 is 10.6 Å². The first-order valence-corrected chi connectivity index (χ1v) is 12.1. The Morgan fingerprint density at radius 3 is 2.28 bits per heavy atom. The molecule has 0 spiro atoms. The second-order valence-electron chi connectivity index (χ2n) is 9.57. The first-order valence-electron chi connectivity index (χ1n) is 12.1. The highest BCUT2D eigenvalue weighted by molar-refractivity contribution is 5.77. The lowest BCUT2D eigenvalue weighted by atomic mass is 9.86. The molecule has 2 aromatic heterocycles. The van der Waals surface area contributed by atoms with Gasteiger partial charge in [0.1, 0.15) is 17.0 Å². The van der Waals surface area contributed by atoms with Crippen LogP contribution in [0.3, 0.4) is 0 Å². The van der Waals surface area contributed by atoms with Crippen LogP contribution in [-0.4, -0.2) is 47.8 Å². The van der Waals surface area contributed by atoms with E-state index in [1.54, 1.807) is 4.57 Å². The van der Waals surface area contributed by atoms with Crippen molar-refractivity contribution in [1.82, 2.24) is 19.5 Å². The maximum Gasteiger partial charge on any atom is 0.306 e. The molecule has 3 aromatic rings. The van der Waals surface area contributed by atoms with E-state index in [1.165, 1.54) is 6.20 Å². The van der Waals surface area contributed by atoms with E-state index < -0.39 is 35.2 Å². The second kappa shape index (κ2) is 9.92. The van der Waals surface area contributed by atoms with Gasteiger partial charge in [-0.1, -0.05) is 0 Å². The summed E-state index contributed by atoms with van der Waals surface area (Å²) in [6, 6.07) is 1.08. The molecule has 36 heavy (non-hydrogen) atoms. The molecule has 12 heteroatoms. The zero-order valence-electron chi connectivity index (χ0n) is 19.4. The molecule has 4 N–H and O–H groups in total. The van der Waals surface area contributed by atoms with Crippen molar-refractivity contribution in [2.24, 2.45) is 5.92 Å². The van der Waals surface area contributed by atoms with Gasteiger partial charge in [-0.3, -0.25) is 9.36 Å².